The van der Waals surface area contributed by atoms with Crippen LogP contribution in [0.5, 0.6) is 5.75 Å². The Balaban J connectivity index is 1.48. The van der Waals surface area contributed by atoms with Crippen molar-refractivity contribution in [2.24, 2.45) is 0 Å². The number of benzene rings is 1. The van der Waals surface area contributed by atoms with Crippen LogP contribution in [0.4, 0.5) is 11.5 Å². The highest BCUT2D eigenvalue weighted by Gasteiger charge is 2.18. The lowest BCUT2D eigenvalue weighted by molar-refractivity contribution is -0.130. The molecule has 3 aromatic rings. The van der Waals surface area contributed by atoms with Crippen molar-refractivity contribution in [2.45, 2.75) is 13.3 Å². The van der Waals surface area contributed by atoms with Gasteiger partial charge in [-0.05, 0) is 30.7 Å². The summed E-state index contributed by atoms with van der Waals surface area (Å²) in [6.45, 7) is 7.27. The van der Waals surface area contributed by atoms with Gasteiger partial charge >= 0.3 is 0 Å². The van der Waals surface area contributed by atoms with Gasteiger partial charge in [0.1, 0.15) is 17.2 Å². The fourth-order valence-corrected chi connectivity index (χ4v) is 4.22. The molecule has 0 aliphatic carbocycles. The molecule has 0 atom stereocenters. The van der Waals surface area contributed by atoms with Crippen LogP contribution in [0.25, 0.3) is 5.65 Å². The van der Waals surface area contributed by atoms with Gasteiger partial charge in [0.05, 0.1) is 24.5 Å². The Hall–Kier alpha value is -3.63. The molecule has 10 nitrogen and oxygen atoms in total. The predicted molar refractivity (Wildman–Crippen MR) is 144 cm³/mol. The number of hydrogen-bond acceptors (Lipinski definition) is 7. The summed E-state index contributed by atoms with van der Waals surface area (Å²) in [5.41, 5.74) is 2.91. The minimum absolute atomic E-state index is 0.0662. The SMILES string of the molecule is CCc1nc2ccc(C(=O)Nc3cccc(OCC(=O)N(C)C)c3)cn2c1N(C)CCN1CCOCC1. The lowest BCUT2D eigenvalue weighted by atomic mass is 10.2. The average Bonchev–Trinajstić information content (AvgIpc) is 3.29. The Morgan fingerprint density at radius 2 is 1.92 bits per heavy atom. The van der Waals surface area contributed by atoms with Crippen LogP contribution in [0.3, 0.4) is 0 Å². The number of carbonyl (C=O) groups is 2. The highest BCUT2D eigenvalue weighted by Crippen LogP contribution is 2.24. The lowest BCUT2D eigenvalue weighted by Crippen LogP contribution is -2.41. The Morgan fingerprint density at radius 1 is 1.14 bits per heavy atom. The van der Waals surface area contributed by atoms with Crippen molar-refractivity contribution < 1.29 is 19.1 Å². The van der Waals surface area contributed by atoms with E-state index in [1.54, 1.807) is 44.4 Å². The molecule has 10 heteroatoms. The van der Waals surface area contributed by atoms with Gasteiger partial charge in [0.25, 0.3) is 11.8 Å². The third kappa shape index (κ3) is 6.58. The summed E-state index contributed by atoms with van der Waals surface area (Å²) >= 11 is 0. The average molecular weight is 509 g/mol. The molecular formula is C27H36N6O4. The van der Waals surface area contributed by atoms with Gasteiger partial charge in [0.15, 0.2) is 6.61 Å². The summed E-state index contributed by atoms with van der Waals surface area (Å²) in [7, 11) is 5.43. The summed E-state index contributed by atoms with van der Waals surface area (Å²) in [6, 6.07) is 10.7. The van der Waals surface area contributed by atoms with Crippen LogP contribution in [0.2, 0.25) is 0 Å². The van der Waals surface area contributed by atoms with Gasteiger partial charge in [0, 0.05) is 65.3 Å². The molecule has 3 heterocycles. The van der Waals surface area contributed by atoms with Gasteiger partial charge in [0.2, 0.25) is 0 Å². The molecule has 0 unspecified atom stereocenters. The van der Waals surface area contributed by atoms with E-state index in [2.05, 4.69) is 29.1 Å². The maximum absolute atomic E-state index is 13.1. The number of likely N-dealkylation sites (N-methyl/N-ethyl adjacent to an activating group) is 2. The van der Waals surface area contributed by atoms with Crippen LogP contribution in [-0.4, -0.2) is 98.1 Å². The standard InChI is InChI=1S/C27H36N6O4/c1-5-23-27(31(4)11-12-32-13-15-36-16-14-32)33-18-20(9-10-24(33)29-23)26(35)28-21-7-6-8-22(17-21)37-19-25(34)30(2)3/h6-10,17-18H,5,11-16,19H2,1-4H3,(H,28,35). The smallest absolute Gasteiger partial charge is 0.259 e. The molecular weight excluding hydrogens is 472 g/mol. The van der Waals surface area contributed by atoms with E-state index in [4.69, 9.17) is 14.5 Å². The zero-order valence-electron chi connectivity index (χ0n) is 22.1. The Bertz CT molecular complexity index is 1230. The number of anilines is 2. The van der Waals surface area contributed by atoms with E-state index in [9.17, 15) is 9.59 Å². The summed E-state index contributed by atoms with van der Waals surface area (Å²) in [6.07, 6.45) is 2.64. The first-order valence-electron chi connectivity index (χ1n) is 12.6. The van der Waals surface area contributed by atoms with Gasteiger partial charge in [-0.1, -0.05) is 13.0 Å². The minimum Gasteiger partial charge on any atom is -0.484 e. The van der Waals surface area contributed by atoms with Crippen LogP contribution in [0.15, 0.2) is 42.6 Å². The second-order valence-corrected chi connectivity index (χ2v) is 9.32. The molecule has 1 aliphatic rings. The van der Waals surface area contributed by atoms with E-state index in [0.717, 1.165) is 63.0 Å². The van der Waals surface area contributed by atoms with Gasteiger partial charge < -0.3 is 24.6 Å². The number of ether oxygens (including phenoxy) is 2. The molecule has 1 N–H and O–H groups in total. The Morgan fingerprint density at radius 3 is 2.65 bits per heavy atom. The van der Waals surface area contributed by atoms with Gasteiger partial charge in [-0.3, -0.25) is 18.9 Å². The largest absolute Gasteiger partial charge is 0.484 e. The number of rotatable bonds is 10. The van der Waals surface area contributed by atoms with E-state index in [1.807, 2.05) is 16.7 Å². The molecule has 0 spiro atoms. The molecule has 2 amide bonds. The fraction of sp³-hybridized carbons (Fsp3) is 0.444. The molecule has 1 fully saturated rings. The van der Waals surface area contributed by atoms with E-state index in [0.29, 0.717) is 17.0 Å². The van der Waals surface area contributed by atoms with Crippen LogP contribution in [0.1, 0.15) is 23.0 Å². The van der Waals surface area contributed by atoms with Crippen molar-refractivity contribution in [1.82, 2.24) is 19.2 Å². The number of morpholine rings is 1. The van der Waals surface area contributed by atoms with Crippen LogP contribution in [-0.2, 0) is 16.0 Å². The van der Waals surface area contributed by atoms with Gasteiger partial charge in [-0.2, -0.15) is 0 Å². The second kappa shape index (κ2) is 12.1. The molecule has 4 rings (SSSR count). The number of nitrogens with one attached hydrogen (secondary N) is 1. The van der Waals surface area contributed by atoms with Crippen molar-refractivity contribution in [3.05, 3.63) is 53.9 Å². The highest BCUT2D eigenvalue weighted by molar-refractivity contribution is 6.04. The zero-order valence-corrected chi connectivity index (χ0v) is 22.1. The van der Waals surface area contributed by atoms with Crippen molar-refractivity contribution >= 4 is 29.0 Å². The molecule has 0 bridgehead atoms. The van der Waals surface area contributed by atoms with Gasteiger partial charge in [-0.25, -0.2) is 4.98 Å². The summed E-state index contributed by atoms with van der Waals surface area (Å²) in [5.74, 6) is 1.13. The van der Waals surface area contributed by atoms with E-state index < -0.39 is 0 Å². The molecule has 0 radical (unpaired) electrons. The number of aryl methyl sites for hydroxylation is 1. The normalized spacial score (nSPS) is 13.9. The quantitative estimate of drug-likeness (QED) is 0.450. The molecule has 0 saturated carbocycles. The predicted octanol–water partition coefficient (Wildman–Crippen LogP) is 2.38. The third-order valence-corrected chi connectivity index (χ3v) is 6.43. The molecule has 37 heavy (non-hydrogen) atoms. The second-order valence-electron chi connectivity index (χ2n) is 9.32. The zero-order chi connectivity index (χ0) is 26.4. The van der Waals surface area contributed by atoms with E-state index >= 15 is 0 Å². The van der Waals surface area contributed by atoms with Crippen molar-refractivity contribution in [3.8, 4) is 5.75 Å². The van der Waals surface area contributed by atoms with E-state index in [-0.39, 0.29) is 18.4 Å². The molecule has 2 aromatic heterocycles. The summed E-state index contributed by atoms with van der Waals surface area (Å²) < 4.78 is 13.0. The minimum atomic E-state index is -0.239. The van der Waals surface area contributed by atoms with Crippen LogP contribution >= 0.6 is 0 Å². The fourth-order valence-electron chi connectivity index (χ4n) is 4.22. The van der Waals surface area contributed by atoms with Crippen LogP contribution in [0, 0.1) is 0 Å². The maximum Gasteiger partial charge on any atom is 0.259 e. The van der Waals surface area contributed by atoms with Crippen molar-refractivity contribution in [1.29, 1.82) is 0 Å². The first-order valence-corrected chi connectivity index (χ1v) is 12.6. The topological polar surface area (TPSA) is 91.6 Å². The Labute approximate surface area is 217 Å². The monoisotopic (exact) mass is 508 g/mol. The molecule has 1 aliphatic heterocycles. The molecule has 1 saturated heterocycles. The first kappa shape index (κ1) is 26.4. The number of aromatic nitrogens is 2. The lowest BCUT2D eigenvalue weighted by Gasteiger charge is -2.29. The number of hydrogen-bond donors (Lipinski definition) is 1. The third-order valence-electron chi connectivity index (χ3n) is 6.43. The van der Waals surface area contributed by atoms with Gasteiger partial charge in [-0.15, -0.1) is 0 Å². The summed E-state index contributed by atoms with van der Waals surface area (Å²) in [5, 5.41) is 2.93. The maximum atomic E-state index is 13.1. The Kier molecular flexibility index (Phi) is 8.62. The number of fused-ring (bicyclic) bond motifs is 1. The number of carbonyl (C=O) groups excluding carboxylic acids is 2. The number of nitrogens with zero attached hydrogens (tertiary/aromatic N) is 5. The highest BCUT2D eigenvalue weighted by atomic mass is 16.5. The number of pyridine rings is 1. The molecule has 1 aromatic carbocycles. The number of amides is 2. The van der Waals surface area contributed by atoms with Crippen molar-refractivity contribution in [3.63, 3.8) is 0 Å². The van der Waals surface area contributed by atoms with Crippen molar-refractivity contribution in [2.75, 3.05) is 77.4 Å². The number of imidazole rings is 1. The van der Waals surface area contributed by atoms with E-state index in [1.165, 1.54) is 4.90 Å². The van der Waals surface area contributed by atoms with Crippen LogP contribution < -0.4 is 15.0 Å². The first-order chi connectivity index (χ1) is 17.9. The summed E-state index contributed by atoms with van der Waals surface area (Å²) in [4.78, 5) is 35.8. The molecule has 198 valence electrons.